The first-order chi connectivity index (χ1) is 8.42. The Kier molecular flexibility index (Phi) is 2.08. The third-order valence-corrected chi connectivity index (χ3v) is 4.95. The Morgan fingerprint density at radius 1 is 0.941 bits per heavy atom. The first kappa shape index (κ1) is 9.76. The molecule has 17 heavy (non-hydrogen) atoms. The van der Waals surface area contributed by atoms with Crippen LogP contribution >= 0.6 is 0 Å². The molecule has 1 aromatic carbocycles. The molecule has 0 aliphatic heterocycles. The van der Waals surface area contributed by atoms with Gasteiger partial charge in [-0.2, -0.15) is 0 Å². The Labute approximate surface area is 102 Å². The lowest BCUT2D eigenvalue weighted by molar-refractivity contribution is -0.0426. The molecule has 0 heterocycles. The van der Waals surface area contributed by atoms with E-state index in [0.717, 1.165) is 29.4 Å². The van der Waals surface area contributed by atoms with Gasteiger partial charge < -0.3 is 4.74 Å². The lowest BCUT2D eigenvalue weighted by Crippen LogP contribution is -2.51. The summed E-state index contributed by atoms with van der Waals surface area (Å²) in [6.07, 6.45) is 9.37. The topological polar surface area (TPSA) is 9.23 Å². The summed E-state index contributed by atoms with van der Waals surface area (Å²) in [4.78, 5) is 0. The summed E-state index contributed by atoms with van der Waals surface area (Å²) in [5, 5.41) is 0. The van der Waals surface area contributed by atoms with E-state index < -0.39 is 0 Å². The predicted molar refractivity (Wildman–Crippen MR) is 67.8 cm³/mol. The van der Waals surface area contributed by atoms with Crippen LogP contribution < -0.4 is 4.74 Å². The number of ether oxygens (including phenoxy) is 1. The molecular weight excluding hydrogens is 208 g/mol. The van der Waals surface area contributed by atoms with Crippen molar-refractivity contribution in [1.29, 1.82) is 0 Å². The van der Waals surface area contributed by atoms with Crippen molar-refractivity contribution in [3.8, 4) is 5.75 Å². The molecule has 2 bridgehead atoms. The van der Waals surface area contributed by atoms with Crippen LogP contribution in [0, 0.1) is 23.7 Å². The zero-order chi connectivity index (χ0) is 11.2. The Morgan fingerprint density at radius 2 is 1.76 bits per heavy atom. The standard InChI is InChI=1S/C16H18O/c1-2-4-12(5-3-1)17-16-10-11-6-7-15(16)14-9-8-13(11)14/h1-5,8-9,11,13-16H,6-7,10H2/t11-,13+,14+,15-,16-/m1/s1. The van der Waals surface area contributed by atoms with Crippen LogP contribution in [-0.2, 0) is 0 Å². The summed E-state index contributed by atoms with van der Waals surface area (Å²) in [6, 6.07) is 10.3. The minimum absolute atomic E-state index is 0.461. The van der Waals surface area contributed by atoms with E-state index in [1.165, 1.54) is 19.3 Å². The smallest absolute Gasteiger partial charge is 0.119 e. The van der Waals surface area contributed by atoms with E-state index in [-0.39, 0.29) is 0 Å². The number of hydrogen-bond donors (Lipinski definition) is 0. The van der Waals surface area contributed by atoms with Crippen LogP contribution in [0.1, 0.15) is 19.3 Å². The van der Waals surface area contributed by atoms with E-state index in [0.29, 0.717) is 6.10 Å². The fourth-order valence-corrected chi connectivity index (χ4v) is 4.05. The molecule has 0 radical (unpaired) electrons. The van der Waals surface area contributed by atoms with E-state index in [2.05, 4.69) is 36.4 Å². The Morgan fingerprint density at radius 3 is 2.47 bits per heavy atom. The largest absolute Gasteiger partial charge is 0.490 e. The molecule has 0 saturated heterocycles. The summed E-state index contributed by atoms with van der Waals surface area (Å²) in [7, 11) is 0. The van der Waals surface area contributed by atoms with Gasteiger partial charge in [0.25, 0.3) is 0 Å². The minimum Gasteiger partial charge on any atom is -0.490 e. The zero-order valence-electron chi connectivity index (χ0n) is 9.96. The van der Waals surface area contributed by atoms with Crippen LogP contribution in [0.25, 0.3) is 0 Å². The quantitative estimate of drug-likeness (QED) is 0.699. The van der Waals surface area contributed by atoms with Crippen molar-refractivity contribution in [3.63, 3.8) is 0 Å². The second-order valence-corrected chi connectivity index (χ2v) is 5.75. The third-order valence-electron chi connectivity index (χ3n) is 4.95. The van der Waals surface area contributed by atoms with Gasteiger partial charge in [-0.15, -0.1) is 0 Å². The summed E-state index contributed by atoms with van der Waals surface area (Å²) in [5.41, 5.74) is 0. The van der Waals surface area contributed by atoms with Gasteiger partial charge in [0.2, 0.25) is 0 Å². The van der Waals surface area contributed by atoms with Gasteiger partial charge in [0, 0.05) is 5.92 Å². The lowest BCUT2D eigenvalue weighted by Gasteiger charge is -2.54. The van der Waals surface area contributed by atoms with Gasteiger partial charge in [-0.1, -0.05) is 30.4 Å². The molecule has 0 aromatic heterocycles. The summed E-state index contributed by atoms with van der Waals surface area (Å²) < 4.78 is 6.21. The molecule has 3 saturated carbocycles. The maximum atomic E-state index is 6.21. The van der Waals surface area contributed by atoms with Gasteiger partial charge in [-0.05, 0) is 49.1 Å². The second kappa shape index (κ2) is 3.63. The molecule has 0 amide bonds. The van der Waals surface area contributed by atoms with Crippen molar-refractivity contribution < 1.29 is 4.74 Å². The number of rotatable bonds is 2. The van der Waals surface area contributed by atoms with Gasteiger partial charge >= 0.3 is 0 Å². The molecule has 4 aliphatic carbocycles. The monoisotopic (exact) mass is 226 g/mol. The number of para-hydroxylation sites is 1. The Balaban J connectivity index is 1.55. The number of fused-ring (bicyclic) bond motifs is 2. The van der Waals surface area contributed by atoms with Crippen molar-refractivity contribution in [2.75, 3.05) is 0 Å². The van der Waals surface area contributed by atoms with Crippen molar-refractivity contribution in [2.45, 2.75) is 25.4 Å². The SMILES string of the molecule is C1=C[C@H]2[C@@H]1[C@@H]1CC[C@H]2[C@H](Oc2ccccc2)C1. The zero-order valence-corrected chi connectivity index (χ0v) is 9.96. The van der Waals surface area contributed by atoms with Crippen molar-refractivity contribution in [3.05, 3.63) is 42.5 Å². The second-order valence-electron chi connectivity index (χ2n) is 5.75. The highest BCUT2D eigenvalue weighted by atomic mass is 16.5. The van der Waals surface area contributed by atoms with Gasteiger partial charge in [0.05, 0.1) is 0 Å². The Hall–Kier alpha value is -1.24. The van der Waals surface area contributed by atoms with Gasteiger partial charge in [0.15, 0.2) is 0 Å². The molecule has 4 aliphatic rings. The van der Waals surface area contributed by atoms with Crippen LogP contribution in [0.15, 0.2) is 42.5 Å². The van der Waals surface area contributed by atoms with E-state index in [4.69, 9.17) is 4.74 Å². The van der Waals surface area contributed by atoms with Crippen molar-refractivity contribution >= 4 is 0 Å². The van der Waals surface area contributed by atoms with Crippen molar-refractivity contribution in [1.82, 2.24) is 0 Å². The highest BCUT2D eigenvalue weighted by molar-refractivity contribution is 5.23. The number of hydrogen-bond acceptors (Lipinski definition) is 1. The fraction of sp³-hybridized carbons (Fsp3) is 0.500. The minimum atomic E-state index is 0.461. The highest BCUT2D eigenvalue weighted by Crippen LogP contribution is 2.54. The van der Waals surface area contributed by atoms with Gasteiger partial charge in [-0.25, -0.2) is 0 Å². The van der Waals surface area contributed by atoms with Crippen LogP contribution in [0.2, 0.25) is 0 Å². The van der Waals surface area contributed by atoms with E-state index in [1.807, 2.05) is 6.07 Å². The molecule has 5 rings (SSSR count). The summed E-state index contributed by atoms with van der Waals surface area (Å²) >= 11 is 0. The molecule has 3 fully saturated rings. The van der Waals surface area contributed by atoms with E-state index in [9.17, 15) is 0 Å². The lowest BCUT2D eigenvalue weighted by atomic mass is 9.53. The maximum Gasteiger partial charge on any atom is 0.119 e. The number of allylic oxidation sites excluding steroid dienone is 2. The maximum absolute atomic E-state index is 6.21. The van der Waals surface area contributed by atoms with Crippen molar-refractivity contribution in [2.24, 2.45) is 23.7 Å². The van der Waals surface area contributed by atoms with Crippen LogP contribution in [-0.4, -0.2) is 6.10 Å². The molecule has 0 spiro atoms. The summed E-state index contributed by atoms with van der Waals surface area (Å²) in [5.74, 6) is 4.43. The van der Waals surface area contributed by atoms with E-state index >= 15 is 0 Å². The third kappa shape index (κ3) is 1.45. The first-order valence-corrected chi connectivity index (χ1v) is 6.82. The molecule has 1 nitrogen and oxygen atoms in total. The molecule has 0 N–H and O–H groups in total. The number of benzene rings is 1. The predicted octanol–water partition coefficient (Wildman–Crippen LogP) is 3.67. The van der Waals surface area contributed by atoms with Crippen LogP contribution in [0.3, 0.4) is 0 Å². The van der Waals surface area contributed by atoms with Gasteiger partial charge in [-0.3, -0.25) is 0 Å². The normalized spacial score (nSPS) is 41.8. The Bertz CT molecular complexity index is 436. The fourth-order valence-electron chi connectivity index (χ4n) is 4.05. The molecule has 1 heteroatoms. The average molecular weight is 226 g/mol. The molecular formula is C16H18O. The molecule has 88 valence electrons. The summed E-state index contributed by atoms with van der Waals surface area (Å²) in [6.45, 7) is 0. The molecule has 1 aromatic rings. The first-order valence-electron chi connectivity index (χ1n) is 6.82. The molecule has 0 unspecified atom stereocenters. The van der Waals surface area contributed by atoms with Gasteiger partial charge in [0.1, 0.15) is 11.9 Å². The van der Waals surface area contributed by atoms with Crippen LogP contribution in [0.5, 0.6) is 5.75 Å². The van der Waals surface area contributed by atoms with Crippen LogP contribution in [0.4, 0.5) is 0 Å². The van der Waals surface area contributed by atoms with E-state index in [1.54, 1.807) is 0 Å². The molecule has 5 atom stereocenters. The highest BCUT2D eigenvalue weighted by Gasteiger charge is 2.50. The average Bonchev–Trinajstić information content (AvgIpc) is 2.31.